The van der Waals surface area contributed by atoms with Gasteiger partial charge >= 0.3 is 0 Å². The van der Waals surface area contributed by atoms with E-state index in [2.05, 4.69) is 5.32 Å². The Morgan fingerprint density at radius 1 is 1.24 bits per heavy atom. The van der Waals surface area contributed by atoms with Crippen molar-refractivity contribution in [3.63, 3.8) is 0 Å². The van der Waals surface area contributed by atoms with Gasteiger partial charge in [-0.3, -0.25) is 14.9 Å². The molecule has 25 heavy (non-hydrogen) atoms. The summed E-state index contributed by atoms with van der Waals surface area (Å²) in [6.07, 6.45) is 0. The van der Waals surface area contributed by atoms with Gasteiger partial charge in [-0.15, -0.1) is 0 Å². The normalized spacial score (nSPS) is 11.6. The lowest BCUT2D eigenvalue weighted by Gasteiger charge is -2.14. The molecular weight excluding hydrogens is 346 g/mol. The molecule has 1 unspecified atom stereocenters. The van der Waals surface area contributed by atoms with Gasteiger partial charge in [0.2, 0.25) is 0 Å². The Bertz CT molecular complexity index is 737. The minimum Gasteiger partial charge on any atom is -0.488 e. The number of benzene rings is 2. The number of quaternary nitrogens is 1. The number of nitrogens with zero attached hydrogens (tertiary/aromatic N) is 1. The first kappa shape index (κ1) is 18.7. The predicted octanol–water partition coefficient (Wildman–Crippen LogP) is 1.78. The number of carbonyl (C=O) groups excluding carboxylic acids is 1. The number of hydrogen-bond acceptors (Lipinski definition) is 4. The summed E-state index contributed by atoms with van der Waals surface area (Å²) in [5, 5.41) is 14.2. The molecule has 8 heteroatoms. The Morgan fingerprint density at radius 3 is 2.60 bits per heavy atom. The number of ether oxygens (including phenoxy) is 1. The predicted molar refractivity (Wildman–Crippen MR) is 95.3 cm³/mol. The lowest BCUT2D eigenvalue weighted by molar-refractivity contribution is -0.871. The molecule has 2 N–H and O–H groups in total. The third-order valence-corrected chi connectivity index (χ3v) is 3.70. The second-order valence-electron chi connectivity index (χ2n) is 5.51. The van der Waals surface area contributed by atoms with Crippen molar-refractivity contribution in [2.75, 3.05) is 32.1 Å². The second kappa shape index (κ2) is 9.00. The molecule has 7 nitrogen and oxygen atoms in total. The van der Waals surface area contributed by atoms with Crippen LogP contribution in [0.4, 0.5) is 11.4 Å². The van der Waals surface area contributed by atoms with E-state index in [-0.39, 0.29) is 23.8 Å². The van der Waals surface area contributed by atoms with Gasteiger partial charge in [0.25, 0.3) is 11.6 Å². The number of rotatable bonds is 8. The van der Waals surface area contributed by atoms with Crippen LogP contribution in [0.25, 0.3) is 0 Å². The van der Waals surface area contributed by atoms with Crippen LogP contribution < -0.4 is 15.0 Å². The number of halogens is 1. The van der Waals surface area contributed by atoms with Crippen molar-refractivity contribution >= 4 is 28.9 Å². The molecule has 0 fully saturated rings. The highest BCUT2D eigenvalue weighted by Gasteiger charge is 2.17. The average molecular weight is 365 g/mol. The summed E-state index contributed by atoms with van der Waals surface area (Å²) in [5.74, 6) is 0.417. The molecule has 0 aliphatic carbocycles. The van der Waals surface area contributed by atoms with Crippen LogP contribution in [0.15, 0.2) is 48.5 Å². The highest BCUT2D eigenvalue weighted by Crippen LogP contribution is 2.22. The van der Waals surface area contributed by atoms with Crippen molar-refractivity contribution in [1.82, 2.24) is 0 Å². The second-order valence-corrected chi connectivity index (χ2v) is 5.95. The van der Waals surface area contributed by atoms with Gasteiger partial charge in [-0.1, -0.05) is 23.7 Å². The SMILES string of the molecule is C[NH+](CCOc1ccc(Cl)cc1)CC(=O)Nc1ccccc1[N+](=O)[O-]. The first-order valence-corrected chi connectivity index (χ1v) is 8.06. The van der Waals surface area contributed by atoms with Gasteiger partial charge in [-0.05, 0) is 30.3 Å². The van der Waals surface area contributed by atoms with E-state index >= 15 is 0 Å². The molecule has 2 aromatic rings. The number of carbonyl (C=O) groups is 1. The van der Waals surface area contributed by atoms with E-state index in [9.17, 15) is 14.9 Å². The maximum Gasteiger partial charge on any atom is 0.292 e. The average Bonchev–Trinajstić information content (AvgIpc) is 2.57. The minimum absolute atomic E-state index is 0.125. The van der Waals surface area contributed by atoms with Crippen LogP contribution in [0.5, 0.6) is 5.75 Å². The zero-order valence-electron chi connectivity index (χ0n) is 13.7. The maximum absolute atomic E-state index is 12.1. The van der Waals surface area contributed by atoms with Crippen molar-refractivity contribution in [3.05, 3.63) is 63.7 Å². The fourth-order valence-corrected chi connectivity index (χ4v) is 2.30. The molecule has 132 valence electrons. The van der Waals surface area contributed by atoms with Crippen LogP contribution in [-0.4, -0.2) is 37.6 Å². The van der Waals surface area contributed by atoms with E-state index in [0.717, 1.165) is 4.90 Å². The minimum atomic E-state index is -0.522. The zero-order chi connectivity index (χ0) is 18.2. The first-order chi connectivity index (χ1) is 12.0. The molecule has 0 saturated heterocycles. The van der Waals surface area contributed by atoms with E-state index in [4.69, 9.17) is 16.3 Å². The quantitative estimate of drug-likeness (QED) is 0.552. The fraction of sp³-hybridized carbons (Fsp3) is 0.235. The number of nitrogens with one attached hydrogen (secondary N) is 2. The van der Waals surface area contributed by atoms with Crippen molar-refractivity contribution in [2.24, 2.45) is 0 Å². The molecule has 0 radical (unpaired) electrons. The summed E-state index contributed by atoms with van der Waals surface area (Å²) in [6, 6.07) is 13.1. The number of nitro groups is 1. The molecule has 0 heterocycles. The van der Waals surface area contributed by atoms with Crippen molar-refractivity contribution in [3.8, 4) is 5.75 Å². The van der Waals surface area contributed by atoms with Gasteiger partial charge in [0, 0.05) is 11.1 Å². The zero-order valence-corrected chi connectivity index (χ0v) is 14.5. The molecule has 2 rings (SSSR count). The molecule has 0 aliphatic heterocycles. The van der Waals surface area contributed by atoms with E-state index < -0.39 is 4.92 Å². The Hall–Kier alpha value is -2.64. The topological polar surface area (TPSA) is 85.9 Å². The maximum atomic E-state index is 12.1. The number of amides is 1. The van der Waals surface area contributed by atoms with Gasteiger partial charge in [0.05, 0.1) is 12.0 Å². The lowest BCUT2D eigenvalue weighted by Crippen LogP contribution is -3.10. The van der Waals surface area contributed by atoms with Gasteiger partial charge < -0.3 is 15.0 Å². The highest BCUT2D eigenvalue weighted by molar-refractivity contribution is 6.30. The lowest BCUT2D eigenvalue weighted by atomic mass is 10.2. The third kappa shape index (κ3) is 6.06. The highest BCUT2D eigenvalue weighted by atomic mass is 35.5. The van der Waals surface area contributed by atoms with Gasteiger partial charge in [-0.25, -0.2) is 0 Å². The van der Waals surface area contributed by atoms with E-state index in [0.29, 0.717) is 23.9 Å². The Morgan fingerprint density at radius 2 is 1.92 bits per heavy atom. The molecule has 0 aromatic heterocycles. The van der Waals surface area contributed by atoms with Crippen LogP contribution in [0.3, 0.4) is 0 Å². The van der Waals surface area contributed by atoms with Crippen LogP contribution >= 0.6 is 11.6 Å². The van der Waals surface area contributed by atoms with Crippen LogP contribution in [0.1, 0.15) is 0 Å². The molecule has 2 aromatic carbocycles. The number of nitro benzene ring substituents is 1. The molecule has 1 amide bonds. The summed E-state index contributed by atoms with van der Waals surface area (Å²) < 4.78 is 5.58. The fourth-order valence-electron chi connectivity index (χ4n) is 2.17. The van der Waals surface area contributed by atoms with Gasteiger partial charge in [-0.2, -0.15) is 0 Å². The van der Waals surface area contributed by atoms with Gasteiger partial charge in [0.15, 0.2) is 6.54 Å². The smallest absolute Gasteiger partial charge is 0.292 e. The van der Waals surface area contributed by atoms with E-state index in [1.165, 1.54) is 12.1 Å². The molecule has 0 bridgehead atoms. The molecule has 1 atom stereocenters. The van der Waals surface area contributed by atoms with E-state index in [1.807, 2.05) is 7.05 Å². The summed E-state index contributed by atoms with van der Waals surface area (Å²) >= 11 is 5.80. The largest absolute Gasteiger partial charge is 0.488 e. The standard InChI is InChI=1S/C17H18ClN3O4/c1-20(10-11-25-14-8-6-13(18)7-9-14)12-17(22)19-15-4-2-3-5-16(15)21(23)24/h2-9H,10-12H2,1H3,(H,19,22)/p+1. The summed E-state index contributed by atoms with van der Waals surface area (Å²) in [5.41, 5.74) is 0.0716. The Labute approximate surface area is 150 Å². The molecular formula is C17H19ClN3O4+. The molecule has 0 saturated carbocycles. The number of hydrogen-bond donors (Lipinski definition) is 2. The van der Waals surface area contributed by atoms with Crippen LogP contribution in [0.2, 0.25) is 5.02 Å². The van der Waals surface area contributed by atoms with Crippen LogP contribution in [0, 0.1) is 10.1 Å². The summed E-state index contributed by atoms with van der Waals surface area (Å²) in [6.45, 7) is 1.22. The molecule has 0 aliphatic rings. The van der Waals surface area contributed by atoms with E-state index in [1.54, 1.807) is 36.4 Å². The van der Waals surface area contributed by atoms with Crippen molar-refractivity contribution in [1.29, 1.82) is 0 Å². The first-order valence-electron chi connectivity index (χ1n) is 7.68. The number of likely N-dealkylation sites (N-methyl/N-ethyl adjacent to an activating group) is 1. The third-order valence-electron chi connectivity index (χ3n) is 3.45. The van der Waals surface area contributed by atoms with Crippen molar-refractivity contribution in [2.45, 2.75) is 0 Å². The summed E-state index contributed by atoms with van der Waals surface area (Å²) in [7, 11) is 1.85. The van der Waals surface area contributed by atoms with Crippen LogP contribution in [-0.2, 0) is 4.79 Å². The Kier molecular flexibility index (Phi) is 6.73. The molecule has 0 spiro atoms. The van der Waals surface area contributed by atoms with Crippen molar-refractivity contribution < 1.29 is 19.4 Å². The number of anilines is 1. The Balaban J connectivity index is 1.78. The monoisotopic (exact) mass is 364 g/mol. The number of para-hydroxylation sites is 2. The summed E-state index contributed by atoms with van der Waals surface area (Å²) in [4.78, 5) is 23.4. The van der Waals surface area contributed by atoms with Gasteiger partial charge in [0.1, 0.15) is 24.6 Å².